The number of esters is 1. The Kier molecular flexibility index (Phi) is 8.47. The van der Waals surface area contributed by atoms with Crippen LogP contribution < -0.4 is 0 Å². The third-order valence-electron chi connectivity index (χ3n) is 3.67. The average Bonchev–Trinajstić information content (AvgIpc) is 2.55. The number of rotatable bonds is 9. The molecule has 0 saturated heterocycles. The van der Waals surface area contributed by atoms with Gasteiger partial charge in [0, 0.05) is 25.3 Å². The summed E-state index contributed by atoms with van der Waals surface area (Å²) in [6.07, 6.45) is 0.892. The summed E-state index contributed by atoms with van der Waals surface area (Å²) in [5.41, 5.74) is 1.67. The first kappa shape index (κ1) is 20.2. The number of methoxy groups -OCH3 is 1. The average molecular weight is 335 g/mol. The Hall–Kier alpha value is -1.88. The Bertz CT molecular complexity index is 542. The maximum absolute atomic E-state index is 12.8. The molecule has 1 aromatic rings. The molecule has 0 aromatic heterocycles. The first-order valence-electron chi connectivity index (χ1n) is 8.40. The van der Waals surface area contributed by atoms with Crippen molar-refractivity contribution in [2.75, 3.05) is 26.8 Å². The third-order valence-corrected chi connectivity index (χ3v) is 3.67. The molecule has 24 heavy (non-hydrogen) atoms. The van der Waals surface area contributed by atoms with Crippen molar-refractivity contribution in [1.29, 1.82) is 0 Å². The van der Waals surface area contributed by atoms with Gasteiger partial charge in [-0.1, -0.05) is 24.6 Å². The SMILES string of the molecule is COC(=O)C(C)CN(CCCOC(C)C)C(=O)c1cccc(C)c1. The lowest BCUT2D eigenvalue weighted by molar-refractivity contribution is -0.145. The number of hydrogen-bond acceptors (Lipinski definition) is 4. The molecule has 1 unspecified atom stereocenters. The van der Waals surface area contributed by atoms with E-state index in [1.54, 1.807) is 17.9 Å². The van der Waals surface area contributed by atoms with Gasteiger partial charge in [0.2, 0.25) is 0 Å². The molecule has 1 aromatic carbocycles. The lowest BCUT2D eigenvalue weighted by Gasteiger charge is -2.25. The van der Waals surface area contributed by atoms with Gasteiger partial charge in [-0.2, -0.15) is 0 Å². The maximum Gasteiger partial charge on any atom is 0.310 e. The van der Waals surface area contributed by atoms with Crippen molar-refractivity contribution < 1.29 is 19.1 Å². The van der Waals surface area contributed by atoms with Crippen molar-refractivity contribution in [3.05, 3.63) is 35.4 Å². The van der Waals surface area contributed by atoms with Crippen LogP contribution >= 0.6 is 0 Å². The molecule has 5 heteroatoms. The van der Waals surface area contributed by atoms with Crippen LogP contribution in [0.15, 0.2) is 24.3 Å². The monoisotopic (exact) mass is 335 g/mol. The number of benzene rings is 1. The molecule has 0 aliphatic carbocycles. The number of nitrogens with zero attached hydrogens (tertiary/aromatic N) is 1. The number of aryl methyl sites for hydroxylation is 1. The van der Waals surface area contributed by atoms with Gasteiger partial charge in [0.25, 0.3) is 5.91 Å². The van der Waals surface area contributed by atoms with Gasteiger partial charge < -0.3 is 14.4 Å². The summed E-state index contributed by atoms with van der Waals surface area (Å²) in [5.74, 6) is -0.746. The van der Waals surface area contributed by atoms with Crippen molar-refractivity contribution in [3.63, 3.8) is 0 Å². The summed E-state index contributed by atoms with van der Waals surface area (Å²) in [7, 11) is 1.36. The molecule has 5 nitrogen and oxygen atoms in total. The van der Waals surface area contributed by atoms with Gasteiger partial charge in [-0.3, -0.25) is 9.59 Å². The van der Waals surface area contributed by atoms with Crippen LogP contribution in [0.5, 0.6) is 0 Å². The van der Waals surface area contributed by atoms with E-state index < -0.39 is 0 Å². The fourth-order valence-corrected chi connectivity index (χ4v) is 2.42. The molecule has 0 bridgehead atoms. The molecule has 1 amide bonds. The van der Waals surface area contributed by atoms with Crippen LogP contribution in [0.25, 0.3) is 0 Å². The summed E-state index contributed by atoms with van der Waals surface area (Å²) in [6.45, 7) is 9.15. The second-order valence-electron chi connectivity index (χ2n) is 6.32. The molecule has 0 fully saturated rings. The molecule has 1 rings (SSSR count). The van der Waals surface area contributed by atoms with Crippen LogP contribution in [0, 0.1) is 12.8 Å². The minimum Gasteiger partial charge on any atom is -0.469 e. The Balaban J connectivity index is 2.78. The second-order valence-corrected chi connectivity index (χ2v) is 6.32. The number of carbonyl (C=O) groups excluding carboxylic acids is 2. The zero-order valence-corrected chi connectivity index (χ0v) is 15.4. The van der Waals surface area contributed by atoms with E-state index in [9.17, 15) is 9.59 Å². The third kappa shape index (κ3) is 6.71. The van der Waals surface area contributed by atoms with Crippen LogP contribution in [-0.2, 0) is 14.3 Å². The second kappa shape index (κ2) is 10.1. The molecule has 1 atom stereocenters. The maximum atomic E-state index is 12.8. The largest absolute Gasteiger partial charge is 0.469 e. The summed E-state index contributed by atoms with van der Waals surface area (Å²) in [4.78, 5) is 26.2. The Morgan fingerprint density at radius 2 is 1.92 bits per heavy atom. The van der Waals surface area contributed by atoms with Gasteiger partial charge in [0.1, 0.15) is 0 Å². The topological polar surface area (TPSA) is 55.8 Å². The number of carbonyl (C=O) groups is 2. The fourth-order valence-electron chi connectivity index (χ4n) is 2.42. The standard InChI is InChI=1S/C19H29NO4/c1-14(2)24-11-7-10-20(13-16(4)19(22)23-5)18(21)17-9-6-8-15(3)12-17/h6,8-9,12,14,16H,7,10-11,13H2,1-5H3. The normalized spacial score (nSPS) is 12.1. The first-order chi connectivity index (χ1) is 11.3. The smallest absolute Gasteiger partial charge is 0.310 e. The molecule has 0 aliphatic heterocycles. The molecular formula is C19H29NO4. The molecule has 0 radical (unpaired) electrons. The van der Waals surface area contributed by atoms with Gasteiger partial charge in [0.15, 0.2) is 0 Å². The van der Waals surface area contributed by atoms with Crippen molar-refractivity contribution in [2.45, 2.75) is 40.2 Å². The van der Waals surface area contributed by atoms with E-state index in [0.29, 0.717) is 25.3 Å². The number of ether oxygens (including phenoxy) is 2. The lowest BCUT2D eigenvalue weighted by atomic mass is 10.1. The van der Waals surface area contributed by atoms with Crippen LogP contribution in [-0.4, -0.2) is 49.7 Å². The molecule has 134 valence electrons. The minimum atomic E-state index is -0.366. The molecule has 0 heterocycles. The summed E-state index contributed by atoms with van der Waals surface area (Å²) in [5, 5.41) is 0. The fraction of sp³-hybridized carbons (Fsp3) is 0.579. The predicted molar refractivity (Wildman–Crippen MR) is 94.0 cm³/mol. The molecule has 0 saturated carbocycles. The van der Waals surface area contributed by atoms with Gasteiger partial charge in [0.05, 0.1) is 19.1 Å². The summed E-state index contributed by atoms with van der Waals surface area (Å²) >= 11 is 0. The van der Waals surface area contributed by atoms with E-state index in [4.69, 9.17) is 9.47 Å². The lowest BCUT2D eigenvalue weighted by Crippen LogP contribution is -2.38. The quantitative estimate of drug-likeness (QED) is 0.514. The van der Waals surface area contributed by atoms with E-state index in [-0.39, 0.29) is 23.9 Å². The summed E-state index contributed by atoms with van der Waals surface area (Å²) < 4.78 is 10.3. The van der Waals surface area contributed by atoms with E-state index in [1.165, 1.54) is 7.11 Å². The highest BCUT2D eigenvalue weighted by Crippen LogP contribution is 2.11. The molecule has 0 N–H and O–H groups in total. The highest BCUT2D eigenvalue weighted by molar-refractivity contribution is 5.94. The van der Waals surface area contributed by atoms with Crippen molar-refractivity contribution in [1.82, 2.24) is 4.90 Å². The van der Waals surface area contributed by atoms with Gasteiger partial charge in [-0.25, -0.2) is 0 Å². The van der Waals surface area contributed by atoms with E-state index in [0.717, 1.165) is 12.0 Å². The van der Waals surface area contributed by atoms with Crippen LogP contribution in [0.3, 0.4) is 0 Å². The van der Waals surface area contributed by atoms with Crippen molar-refractivity contribution in [2.24, 2.45) is 5.92 Å². The first-order valence-corrected chi connectivity index (χ1v) is 8.40. The Morgan fingerprint density at radius 3 is 2.50 bits per heavy atom. The van der Waals surface area contributed by atoms with Crippen LogP contribution in [0.1, 0.15) is 43.1 Å². The van der Waals surface area contributed by atoms with Crippen molar-refractivity contribution >= 4 is 11.9 Å². The predicted octanol–water partition coefficient (Wildman–Crippen LogP) is 3.06. The van der Waals surface area contributed by atoms with E-state index >= 15 is 0 Å². The zero-order valence-electron chi connectivity index (χ0n) is 15.4. The molecular weight excluding hydrogens is 306 g/mol. The molecule has 0 aliphatic rings. The van der Waals surface area contributed by atoms with Gasteiger partial charge in [-0.15, -0.1) is 0 Å². The summed E-state index contributed by atoms with van der Waals surface area (Å²) in [6, 6.07) is 7.49. The Labute approximate surface area is 144 Å². The number of hydrogen-bond donors (Lipinski definition) is 0. The van der Waals surface area contributed by atoms with E-state index in [2.05, 4.69) is 0 Å². The Morgan fingerprint density at radius 1 is 1.21 bits per heavy atom. The van der Waals surface area contributed by atoms with Crippen molar-refractivity contribution in [3.8, 4) is 0 Å². The van der Waals surface area contributed by atoms with Gasteiger partial charge in [-0.05, 0) is 39.3 Å². The van der Waals surface area contributed by atoms with Crippen LogP contribution in [0.4, 0.5) is 0 Å². The highest BCUT2D eigenvalue weighted by atomic mass is 16.5. The van der Waals surface area contributed by atoms with E-state index in [1.807, 2.05) is 39.0 Å². The number of amides is 1. The van der Waals surface area contributed by atoms with Gasteiger partial charge >= 0.3 is 5.97 Å². The molecule has 0 spiro atoms. The van der Waals surface area contributed by atoms with Crippen LogP contribution in [0.2, 0.25) is 0 Å². The highest BCUT2D eigenvalue weighted by Gasteiger charge is 2.22. The zero-order chi connectivity index (χ0) is 18.1. The minimum absolute atomic E-state index is 0.0704.